The summed E-state index contributed by atoms with van der Waals surface area (Å²) in [5, 5.41) is 2.86. The first kappa shape index (κ1) is 17.1. The van der Waals surface area contributed by atoms with E-state index in [0.29, 0.717) is 12.1 Å². The topological polar surface area (TPSA) is 62.3 Å². The molecule has 1 aliphatic rings. The van der Waals surface area contributed by atoms with Crippen LogP contribution in [-0.2, 0) is 6.54 Å². The van der Waals surface area contributed by atoms with Gasteiger partial charge in [0.2, 0.25) is 0 Å². The van der Waals surface area contributed by atoms with Gasteiger partial charge in [-0.2, -0.15) is 0 Å². The molecule has 2 aromatic rings. The van der Waals surface area contributed by atoms with Gasteiger partial charge in [0.15, 0.2) is 0 Å². The van der Waals surface area contributed by atoms with Gasteiger partial charge in [0.25, 0.3) is 11.8 Å². The van der Waals surface area contributed by atoms with E-state index in [1.54, 1.807) is 12.1 Å². The molecule has 1 N–H and O–H groups in total. The van der Waals surface area contributed by atoms with Gasteiger partial charge in [0.1, 0.15) is 5.69 Å². The summed E-state index contributed by atoms with van der Waals surface area (Å²) in [5.74, 6) is -0.287. The van der Waals surface area contributed by atoms with Crippen molar-refractivity contribution in [3.05, 3.63) is 65.0 Å². The molecule has 2 heterocycles. The van der Waals surface area contributed by atoms with E-state index in [1.165, 1.54) is 12.6 Å². The molecule has 5 heteroatoms. The minimum absolute atomic E-state index is 0.0187. The van der Waals surface area contributed by atoms with Crippen LogP contribution in [0, 0.1) is 6.92 Å². The number of carbonyl (C=O) groups is 2. The Balaban J connectivity index is 1.65. The summed E-state index contributed by atoms with van der Waals surface area (Å²) < 4.78 is 0. The van der Waals surface area contributed by atoms with Crippen molar-refractivity contribution >= 4 is 11.8 Å². The lowest BCUT2D eigenvalue weighted by molar-refractivity contribution is 0.0724. The lowest BCUT2D eigenvalue weighted by Gasteiger charge is -2.26. The molecular weight excluding hydrogens is 314 g/mol. The molecule has 0 atom stereocenters. The maximum absolute atomic E-state index is 12.6. The fourth-order valence-electron chi connectivity index (χ4n) is 3.06. The highest BCUT2D eigenvalue weighted by Crippen LogP contribution is 2.13. The van der Waals surface area contributed by atoms with Crippen LogP contribution in [0.5, 0.6) is 0 Å². The summed E-state index contributed by atoms with van der Waals surface area (Å²) in [4.78, 5) is 30.9. The molecule has 0 unspecified atom stereocenters. The van der Waals surface area contributed by atoms with Gasteiger partial charge < -0.3 is 10.2 Å². The van der Waals surface area contributed by atoms with Crippen molar-refractivity contribution in [1.82, 2.24) is 15.2 Å². The Morgan fingerprint density at radius 3 is 2.68 bits per heavy atom. The molecule has 2 amide bonds. The Kier molecular flexibility index (Phi) is 5.43. The lowest BCUT2D eigenvalue weighted by Crippen LogP contribution is -2.35. The van der Waals surface area contributed by atoms with Crippen LogP contribution in [0.25, 0.3) is 0 Å². The van der Waals surface area contributed by atoms with Crippen molar-refractivity contribution in [3.8, 4) is 0 Å². The first-order valence-electron chi connectivity index (χ1n) is 8.72. The summed E-state index contributed by atoms with van der Waals surface area (Å²) in [6, 6.07) is 11.2. The largest absolute Gasteiger partial charge is 0.347 e. The minimum atomic E-state index is -0.269. The predicted octanol–water partition coefficient (Wildman–Crippen LogP) is 2.95. The fraction of sp³-hybridized carbons (Fsp3) is 0.350. The zero-order valence-electron chi connectivity index (χ0n) is 14.5. The van der Waals surface area contributed by atoms with Gasteiger partial charge in [0, 0.05) is 31.4 Å². The molecule has 130 valence electrons. The van der Waals surface area contributed by atoms with Crippen LogP contribution in [0.3, 0.4) is 0 Å². The molecule has 5 nitrogen and oxygen atoms in total. The quantitative estimate of drug-likeness (QED) is 0.933. The van der Waals surface area contributed by atoms with Gasteiger partial charge >= 0.3 is 0 Å². The summed E-state index contributed by atoms with van der Waals surface area (Å²) in [7, 11) is 0. The van der Waals surface area contributed by atoms with Crippen LogP contribution < -0.4 is 5.32 Å². The highest BCUT2D eigenvalue weighted by atomic mass is 16.2. The third-order valence-electron chi connectivity index (χ3n) is 4.42. The monoisotopic (exact) mass is 337 g/mol. The van der Waals surface area contributed by atoms with E-state index in [2.05, 4.69) is 10.3 Å². The van der Waals surface area contributed by atoms with Gasteiger partial charge in [-0.25, -0.2) is 0 Å². The predicted molar refractivity (Wildman–Crippen MR) is 96.3 cm³/mol. The van der Waals surface area contributed by atoms with E-state index in [-0.39, 0.29) is 17.5 Å². The molecule has 0 bridgehead atoms. The summed E-state index contributed by atoms with van der Waals surface area (Å²) in [5.41, 5.74) is 2.99. The zero-order chi connectivity index (χ0) is 17.6. The molecule has 1 saturated heterocycles. The molecular formula is C20H23N3O2. The van der Waals surface area contributed by atoms with Crippen LogP contribution in [-0.4, -0.2) is 34.8 Å². The van der Waals surface area contributed by atoms with Gasteiger partial charge in [-0.15, -0.1) is 0 Å². The molecule has 0 saturated carbocycles. The Labute approximate surface area is 148 Å². The van der Waals surface area contributed by atoms with E-state index in [0.717, 1.165) is 37.1 Å². The van der Waals surface area contributed by atoms with Crippen molar-refractivity contribution in [1.29, 1.82) is 0 Å². The van der Waals surface area contributed by atoms with E-state index >= 15 is 0 Å². The minimum Gasteiger partial charge on any atom is -0.347 e. The average molecular weight is 337 g/mol. The number of aryl methyl sites for hydroxylation is 1. The molecule has 0 radical (unpaired) electrons. The molecule has 0 aliphatic carbocycles. The number of hydrogen-bond acceptors (Lipinski definition) is 3. The number of nitrogens with one attached hydrogen (secondary N) is 1. The fourth-order valence-corrected chi connectivity index (χ4v) is 3.06. The standard InChI is InChI=1S/C20H23N3O2/c1-15-6-5-7-16(12-15)14-22-19(24)18-13-17(8-9-21-18)20(25)23-10-3-2-4-11-23/h5-9,12-13H,2-4,10-11,14H2,1H3,(H,22,24). The van der Waals surface area contributed by atoms with Crippen molar-refractivity contribution in [2.75, 3.05) is 13.1 Å². The van der Waals surface area contributed by atoms with Crippen LogP contribution >= 0.6 is 0 Å². The number of amides is 2. The second kappa shape index (κ2) is 7.92. The molecule has 3 rings (SSSR count). The molecule has 1 aromatic carbocycles. The number of likely N-dealkylation sites (tertiary alicyclic amines) is 1. The third-order valence-corrected chi connectivity index (χ3v) is 4.42. The Morgan fingerprint density at radius 1 is 1.12 bits per heavy atom. The van der Waals surface area contributed by atoms with Crippen molar-refractivity contribution in [3.63, 3.8) is 0 Å². The number of hydrogen-bond donors (Lipinski definition) is 1. The summed E-state index contributed by atoms with van der Waals surface area (Å²) in [6.07, 6.45) is 4.78. The average Bonchev–Trinajstić information content (AvgIpc) is 2.66. The maximum Gasteiger partial charge on any atom is 0.270 e. The number of carbonyl (C=O) groups excluding carboxylic acids is 2. The third kappa shape index (κ3) is 4.44. The van der Waals surface area contributed by atoms with Crippen molar-refractivity contribution in [2.45, 2.75) is 32.7 Å². The SMILES string of the molecule is Cc1cccc(CNC(=O)c2cc(C(=O)N3CCCCC3)ccn2)c1. The van der Waals surface area contributed by atoms with Crippen LogP contribution in [0.15, 0.2) is 42.6 Å². The van der Waals surface area contributed by atoms with Crippen LogP contribution in [0.2, 0.25) is 0 Å². The van der Waals surface area contributed by atoms with E-state index in [9.17, 15) is 9.59 Å². The summed E-state index contributed by atoms with van der Waals surface area (Å²) >= 11 is 0. The first-order chi connectivity index (χ1) is 12.1. The molecule has 25 heavy (non-hydrogen) atoms. The van der Waals surface area contributed by atoms with Gasteiger partial charge in [-0.05, 0) is 43.9 Å². The highest BCUT2D eigenvalue weighted by molar-refractivity contribution is 5.98. The second-order valence-corrected chi connectivity index (χ2v) is 6.45. The van der Waals surface area contributed by atoms with Crippen molar-refractivity contribution in [2.24, 2.45) is 0 Å². The number of rotatable bonds is 4. The number of nitrogens with zero attached hydrogens (tertiary/aromatic N) is 2. The van der Waals surface area contributed by atoms with E-state index in [4.69, 9.17) is 0 Å². The van der Waals surface area contributed by atoms with Gasteiger partial charge in [-0.1, -0.05) is 29.8 Å². The van der Waals surface area contributed by atoms with Crippen LogP contribution in [0.1, 0.15) is 51.2 Å². The van der Waals surface area contributed by atoms with Gasteiger partial charge in [-0.3, -0.25) is 14.6 Å². The number of benzene rings is 1. The normalized spacial score (nSPS) is 14.2. The molecule has 1 aromatic heterocycles. The Hall–Kier alpha value is -2.69. The summed E-state index contributed by atoms with van der Waals surface area (Å²) in [6.45, 7) is 4.03. The Bertz CT molecular complexity index is 767. The van der Waals surface area contributed by atoms with Crippen molar-refractivity contribution < 1.29 is 9.59 Å². The zero-order valence-corrected chi connectivity index (χ0v) is 14.5. The number of pyridine rings is 1. The second-order valence-electron chi connectivity index (χ2n) is 6.45. The number of aromatic nitrogens is 1. The molecule has 1 aliphatic heterocycles. The first-order valence-corrected chi connectivity index (χ1v) is 8.72. The Morgan fingerprint density at radius 2 is 1.92 bits per heavy atom. The highest BCUT2D eigenvalue weighted by Gasteiger charge is 2.19. The number of piperidine rings is 1. The molecule has 0 spiro atoms. The van der Waals surface area contributed by atoms with E-state index < -0.39 is 0 Å². The van der Waals surface area contributed by atoms with E-state index in [1.807, 2.05) is 36.1 Å². The van der Waals surface area contributed by atoms with Crippen LogP contribution in [0.4, 0.5) is 0 Å². The lowest BCUT2D eigenvalue weighted by atomic mass is 10.1. The van der Waals surface area contributed by atoms with Gasteiger partial charge in [0.05, 0.1) is 0 Å². The smallest absolute Gasteiger partial charge is 0.270 e. The maximum atomic E-state index is 12.6. The molecule has 1 fully saturated rings.